The molecule has 372 valence electrons. The maximum absolute atomic E-state index is 9.26. The van der Waals surface area contributed by atoms with Gasteiger partial charge in [-0.2, -0.15) is 6.07 Å². The quantitative estimate of drug-likeness (QED) is 0.107. The van der Waals surface area contributed by atoms with Crippen LogP contribution in [0, 0.1) is 18.5 Å². The standard InChI is InChI=1S/C70H49N5O.Pt/c1-70(2,3)50-39-40-71-67(41-50)75-63-34-16-13-27-58(63)60-38-37-53(45-66(60)75)76-54-43-51(42-52(44-54)74-62-33-15-14-28-59(62)61-32-20-31-57(69(61)74)49-25-11-6-12-26-49)72-46-73(65-36-18-17-35-64(65)72)68-55(47-21-7-4-8-22-47)29-19-30-56(68)48-23-9-5-10-24-48;/h4-42,44H,1-3H3;/q-2;/i4D,5D,7D,8D,9D,10D,21D,22D,23D,24D;. The van der Waals surface area contributed by atoms with Crippen LogP contribution in [-0.4, -0.2) is 18.7 Å². The maximum atomic E-state index is 9.26. The zero-order chi connectivity index (χ0) is 59.6. The molecular formula is C70H49N5OPt-2. The van der Waals surface area contributed by atoms with Gasteiger partial charge in [0.15, 0.2) is 0 Å². The minimum atomic E-state index is -0.585. The normalized spacial score (nSPS) is 13.5. The summed E-state index contributed by atoms with van der Waals surface area (Å²) in [7, 11) is 0. The van der Waals surface area contributed by atoms with E-state index in [9.17, 15) is 5.48 Å². The summed E-state index contributed by atoms with van der Waals surface area (Å²) in [6, 6.07) is 59.1. The van der Waals surface area contributed by atoms with Gasteiger partial charge in [-0.1, -0.05) is 220 Å². The van der Waals surface area contributed by atoms with Crippen LogP contribution in [0.25, 0.3) is 111 Å². The van der Waals surface area contributed by atoms with Gasteiger partial charge >= 0.3 is 0 Å². The fraction of sp³-hybridized carbons (Fsp3) is 0.0571. The van der Waals surface area contributed by atoms with Crippen LogP contribution in [0.3, 0.4) is 0 Å². The molecule has 10 aromatic carbocycles. The molecule has 0 fully saturated rings. The SMILES string of the molecule is [2H]c1c([2H])c([2H])c(-c2cccc(-c3c([2H])c([2H])c([2H])c([2H])c3[2H])c2-[n+]2[c-]n(-c3[c-]c(Oc4[c-]c5c(cc4)c4ccccc4n5-c4cc(C(C)(C)C)ccn4)cc(-n4c5ccccc5c5cccc(-c6ccccc6)c54)c3)c3ccccc32)c([2H])c1[2H].[Pt]. The molecule has 0 aliphatic heterocycles. The minimum Gasteiger partial charge on any atom is -0.510 e. The Hall–Kier alpha value is -9.09. The summed E-state index contributed by atoms with van der Waals surface area (Å²) >= 11 is 0. The van der Waals surface area contributed by atoms with Gasteiger partial charge in [-0.15, -0.1) is 35.7 Å². The molecule has 0 saturated carbocycles. The number of rotatable bonds is 9. The number of pyridine rings is 1. The second-order valence-corrected chi connectivity index (χ2v) is 19.7. The first-order valence-corrected chi connectivity index (χ1v) is 25.0. The molecule has 0 atom stereocenters. The number of aromatic nitrogens is 5. The van der Waals surface area contributed by atoms with E-state index in [1.54, 1.807) is 27.3 Å². The molecule has 0 radical (unpaired) electrons. The number of benzene rings is 10. The molecule has 4 heterocycles. The van der Waals surface area contributed by atoms with Crippen molar-refractivity contribution < 1.29 is 44.1 Å². The first-order chi connectivity index (χ1) is 41.5. The van der Waals surface area contributed by atoms with E-state index in [2.05, 4.69) is 109 Å². The van der Waals surface area contributed by atoms with Crippen LogP contribution in [0.2, 0.25) is 0 Å². The largest absolute Gasteiger partial charge is 0.510 e. The van der Waals surface area contributed by atoms with Crippen LogP contribution in [0.5, 0.6) is 11.5 Å². The molecule has 4 aromatic heterocycles. The summed E-state index contributed by atoms with van der Waals surface area (Å²) < 4.78 is 104. The van der Waals surface area contributed by atoms with Crippen molar-refractivity contribution in [3.05, 3.63) is 267 Å². The van der Waals surface area contributed by atoms with Crippen molar-refractivity contribution in [2.45, 2.75) is 26.2 Å². The molecular weight excluding hydrogens is 1120 g/mol. The third-order valence-electron chi connectivity index (χ3n) is 14.1. The fourth-order valence-corrected chi connectivity index (χ4v) is 10.6. The summed E-state index contributed by atoms with van der Waals surface area (Å²) in [5.74, 6) is 1.44. The number of hydrogen-bond acceptors (Lipinski definition) is 2. The van der Waals surface area contributed by atoms with Gasteiger partial charge in [-0.25, -0.2) is 4.98 Å². The second kappa shape index (κ2) is 19.2. The van der Waals surface area contributed by atoms with E-state index < -0.39 is 60.4 Å². The van der Waals surface area contributed by atoms with Gasteiger partial charge < -0.3 is 18.4 Å². The van der Waals surface area contributed by atoms with Crippen LogP contribution in [0.4, 0.5) is 0 Å². The number of para-hydroxylation sites is 6. The molecule has 14 rings (SSSR count). The topological polar surface area (TPSA) is 40.8 Å². The minimum absolute atomic E-state index is 0. The molecule has 0 amide bonds. The third kappa shape index (κ3) is 8.24. The van der Waals surface area contributed by atoms with E-state index in [1.165, 1.54) is 0 Å². The van der Waals surface area contributed by atoms with Crippen molar-refractivity contribution in [2.24, 2.45) is 0 Å². The molecule has 0 spiro atoms. The zero-order valence-corrected chi connectivity index (χ0v) is 44.1. The Kier molecular flexibility index (Phi) is 9.40. The van der Waals surface area contributed by atoms with Crippen molar-refractivity contribution in [1.82, 2.24) is 18.7 Å². The first-order valence-electron chi connectivity index (χ1n) is 30.0. The van der Waals surface area contributed by atoms with Crippen molar-refractivity contribution in [2.75, 3.05) is 0 Å². The Labute approximate surface area is 475 Å². The van der Waals surface area contributed by atoms with Gasteiger partial charge in [-0.05, 0) is 74.1 Å². The smallest absolute Gasteiger partial charge is 0.268 e. The van der Waals surface area contributed by atoms with Gasteiger partial charge in [0.2, 0.25) is 0 Å². The molecule has 0 N–H and O–H groups in total. The molecule has 77 heavy (non-hydrogen) atoms. The number of nitrogens with zero attached hydrogens (tertiary/aromatic N) is 5. The maximum Gasteiger partial charge on any atom is 0.268 e. The van der Waals surface area contributed by atoms with Crippen LogP contribution < -0.4 is 9.30 Å². The van der Waals surface area contributed by atoms with E-state index in [-0.39, 0.29) is 54.4 Å². The van der Waals surface area contributed by atoms with Gasteiger partial charge in [0.25, 0.3) is 6.33 Å². The van der Waals surface area contributed by atoms with Crippen LogP contribution in [-0.2, 0) is 26.5 Å². The van der Waals surface area contributed by atoms with Crippen molar-refractivity contribution in [3.8, 4) is 67.8 Å². The van der Waals surface area contributed by atoms with Gasteiger partial charge in [0, 0.05) is 60.6 Å². The summed E-state index contributed by atoms with van der Waals surface area (Å²) in [5.41, 5.74) is 8.84. The molecule has 14 aromatic rings. The van der Waals surface area contributed by atoms with Gasteiger partial charge in [0.1, 0.15) is 5.82 Å². The Morgan fingerprint density at radius 3 is 1.84 bits per heavy atom. The summed E-state index contributed by atoms with van der Waals surface area (Å²) in [6.45, 7) is 6.53. The van der Waals surface area contributed by atoms with Crippen LogP contribution >= 0.6 is 0 Å². The zero-order valence-electron chi connectivity index (χ0n) is 51.8. The van der Waals surface area contributed by atoms with Crippen LogP contribution in [0.15, 0.2) is 243 Å². The van der Waals surface area contributed by atoms with E-state index in [1.807, 2.05) is 103 Å². The molecule has 0 aliphatic carbocycles. The average Bonchev–Trinajstić information content (AvgIpc) is 1.83. The van der Waals surface area contributed by atoms with Gasteiger partial charge in [-0.3, -0.25) is 4.57 Å². The van der Waals surface area contributed by atoms with Crippen molar-refractivity contribution in [3.63, 3.8) is 0 Å². The van der Waals surface area contributed by atoms with Crippen LogP contribution in [0.1, 0.15) is 40.0 Å². The predicted molar refractivity (Wildman–Crippen MR) is 309 cm³/mol. The Bertz CT molecular complexity index is 5020. The summed E-state index contributed by atoms with van der Waals surface area (Å²) in [6.07, 6.45) is 5.41. The Morgan fingerprint density at radius 2 is 1.13 bits per heavy atom. The summed E-state index contributed by atoms with van der Waals surface area (Å²) in [4.78, 5) is 4.91. The van der Waals surface area contributed by atoms with Crippen molar-refractivity contribution in [1.29, 1.82) is 0 Å². The van der Waals surface area contributed by atoms with E-state index >= 15 is 0 Å². The number of hydrogen-bond donors (Lipinski definition) is 0. The van der Waals surface area contributed by atoms with E-state index in [0.717, 1.165) is 66.1 Å². The fourth-order valence-electron chi connectivity index (χ4n) is 10.6. The monoisotopic (exact) mass is 1180 g/mol. The summed E-state index contributed by atoms with van der Waals surface area (Å²) in [5, 5.41) is 4.02. The average molecular weight is 1180 g/mol. The number of imidazole rings is 1. The first kappa shape index (κ1) is 37.6. The predicted octanol–water partition coefficient (Wildman–Crippen LogP) is 17.0. The molecule has 0 bridgehead atoms. The Morgan fingerprint density at radius 1 is 0.519 bits per heavy atom. The third-order valence-corrected chi connectivity index (χ3v) is 14.1. The van der Waals surface area contributed by atoms with E-state index in [0.29, 0.717) is 33.9 Å². The second-order valence-electron chi connectivity index (χ2n) is 19.7. The molecule has 7 heteroatoms. The van der Waals surface area contributed by atoms with E-state index in [4.69, 9.17) is 17.9 Å². The Balaban J connectivity index is 0.00000700. The van der Waals surface area contributed by atoms with Crippen molar-refractivity contribution >= 4 is 54.6 Å². The molecule has 0 aliphatic rings. The molecule has 6 nitrogen and oxygen atoms in total. The van der Waals surface area contributed by atoms with Gasteiger partial charge in [0.05, 0.1) is 41.5 Å². The number of ether oxygens (including phenoxy) is 1. The number of fused-ring (bicyclic) bond motifs is 7. The molecule has 0 saturated heterocycles. The molecule has 0 unspecified atom stereocenters.